The number of rotatable bonds is 8. The number of likely N-dealkylation sites (N-methyl/N-ethyl adjacent to an activating group) is 1. The normalized spacial score (nSPS) is 11.5. The van der Waals surface area contributed by atoms with E-state index >= 15 is 0 Å². The Morgan fingerprint density at radius 1 is 1.00 bits per heavy atom. The molecule has 0 saturated heterocycles. The van der Waals surface area contributed by atoms with Crippen molar-refractivity contribution in [1.29, 1.82) is 0 Å². The lowest BCUT2D eigenvalue weighted by molar-refractivity contribution is -0.862. The van der Waals surface area contributed by atoms with E-state index in [9.17, 15) is 9.59 Å². The number of halogens is 1. The fourth-order valence-corrected chi connectivity index (χ4v) is 2.76. The van der Waals surface area contributed by atoms with Crippen LogP contribution in [0.4, 0.5) is 11.4 Å². The molecule has 0 radical (unpaired) electrons. The summed E-state index contributed by atoms with van der Waals surface area (Å²) in [5, 5.41) is 5.65. The zero-order chi connectivity index (χ0) is 18.9. The first-order valence-corrected chi connectivity index (χ1v) is 9.15. The molecule has 0 fully saturated rings. The van der Waals surface area contributed by atoms with E-state index in [0.29, 0.717) is 18.0 Å². The van der Waals surface area contributed by atoms with Gasteiger partial charge in [0, 0.05) is 10.2 Å². The molecule has 0 aromatic heterocycles. The van der Waals surface area contributed by atoms with Crippen LogP contribution in [-0.4, -0.2) is 38.6 Å². The van der Waals surface area contributed by atoms with Crippen LogP contribution in [0.15, 0.2) is 53.0 Å². The highest BCUT2D eigenvalue weighted by molar-refractivity contribution is 9.10. The molecule has 0 spiro atoms. The Morgan fingerprint density at radius 3 is 2.23 bits per heavy atom. The van der Waals surface area contributed by atoms with E-state index in [-0.39, 0.29) is 24.9 Å². The number of hydrogen-bond acceptors (Lipinski definition) is 3. The topological polar surface area (TPSA) is 71.9 Å². The van der Waals surface area contributed by atoms with Gasteiger partial charge in [-0.25, -0.2) is 0 Å². The maximum Gasteiger partial charge on any atom is 0.279 e. The lowest BCUT2D eigenvalue weighted by atomic mass is 10.3. The van der Waals surface area contributed by atoms with E-state index in [4.69, 9.17) is 4.74 Å². The highest BCUT2D eigenvalue weighted by atomic mass is 79.9. The van der Waals surface area contributed by atoms with E-state index in [1.54, 1.807) is 31.3 Å². The predicted octanol–water partition coefficient (Wildman–Crippen LogP) is 1.94. The second kappa shape index (κ2) is 9.94. The molecule has 2 aromatic rings. The molecular formula is C19H23BrN3O3+. The summed E-state index contributed by atoms with van der Waals surface area (Å²) in [6, 6.07) is 14.6. The van der Waals surface area contributed by atoms with Gasteiger partial charge in [0.2, 0.25) is 0 Å². The van der Waals surface area contributed by atoms with Crippen molar-refractivity contribution in [3.8, 4) is 5.75 Å². The predicted molar refractivity (Wildman–Crippen MR) is 106 cm³/mol. The Hall–Kier alpha value is -2.38. The van der Waals surface area contributed by atoms with Crippen molar-refractivity contribution in [3.63, 3.8) is 0 Å². The van der Waals surface area contributed by atoms with Gasteiger partial charge in [-0.3, -0.25) is 9.59 Å². The summed E-state index contributed by atoms with van der Waals surface area (Å²) in [5.41, 5.74) is 1.41. The molecule has 0 saturated carbocycles. The summed E-state index contributed by atoms with van der Waals surface area (Å²) in [5.74, 6) is 0.459. The largest absolute Gasteiger partial charge is 0.494 e. The van der Waals surface area contributed by atoms with Crippen molar-refractivity contribution in [1.82, 2.24) is 0 Å². The molecule has 0 aliphatic heterocycles. The van der Waals surface area contributed by atoms with Crippen molar-refractivity contribution >= 4 is 39.1 Å². The average molecular weight is 421 g/mol. The van der Waals surface area contributed by atoms with Crippen LogP contribution in [0.1, 0.15) is 6.92 Å². The molecular weight excluding hydrogens is 398 g/mol. The van der Waals surface area contributed by atoms with Gasteiger partial charge in [0.25, 0.3) is 11.8 Å². The highest BCUT2D eigenvalue weighted by Crippen LogP contribution is 2.20. The SMILES string of the molecule is CCOc1ccc(NC(=O)C[NH+](C)CC(=O)Nc2ccccc2Br)cc1. The Morgan fingerprint density at radius 2 is 1.62 bits per heavy atom. The fourth-order valence-electron chi connectivity index (χ4n) is 2.37. The molecule has 0 aliphatic rings. The third-order valence-corrected chi connectivity index (χ3v) is 4.21. The van der Waals surface area contributed by atoms with E-state index < -0.39 is 0 Å². The van der Waals surface area contributed by atoms with Gasteiger partial charge in [-0.1, -0.05) is 12.1 Å². The van der Waals surface area contributed by atoms with Crippen LogP contribution in [0.5, 0.6) is 5.75 Å². The molecule has 0 heterocycles. The first-order chi connectivity index (χ1) is 12.5. The molecule has 1 atom stereocenters. The van der Waals surface area contributed by atoms with Gasteiger partial charge in [0.15, 0.2) is 13.1 Å². The molecule has 6 nitrogen and oxygen atoms in total. The van der Waals surface area contributed by atoms with Crippen LogP contribution >= 0.6 is 15.9 Å². The number of hydrogen-bond donors (Lipinski definition) is 3. The van der Waals surface area contributed by atoms with Crippen molar-refractivity contribution in [2.24, 2.45) is 0 Å². The standard InChI is InChI=1S/C19H22BrN3O3/c1-3-26-15-10-8-14(9-11-15)21-18(24)12-23(2)13-19(25)22-17-7-5-4-6-16(17)20/h4-11H,3,12-13H2,1-2H3,(H,21,24)(H,22,25)/p+1. The molecule has 7 heteroatoms. The average Bonchev–Trinajstić information content (AvgIpc) is 2.58. The van der Waals surface area contributed by atoms with E-state index in [0.717, 1.165) is 15.1 Å². The zero-order valence-electron chi connectivity index (χ0n) is 14.8. The van der Waals surface area contributed by atoms with Crippen molar-refractivity contribution in [2.45, 2.75) is 6.92 Å². The summed E-state index contributed by atoms with van der Waals surface area (Å²) in [4.78, 5) is 25.0. The Bertz CT molecular complexity index is 750. The van der Waals surface area contributed by atoms with Crippen molar-refractivity contribution in [2.75, 3.05) is 37.4 Å². The maximum atomic E-state index is 12.1. The molecule has 2 amide bonds. The maximum absolute atomic E-state index is 12.1. The number of amides is 2. The number of ether oxygens (including phenoxy) is 1. The monoisotopic (exact) mass is 420 g/mol. The van der Waals surface area contributed by atoms with Crippen LogP contribution in [-0.2, 0) is 9.59 Å². The molecule has 0 aliphatic carbocycles. The minimum Gasteiger partial charge on any atom is -0.494 e. The van der Waals surface area contributed by atoms with Crippen LogP contribution in [0, 0.1) is 0 Å². The molecule has 0 bridgehead atoms. The summed E-state index contributed by atoms with van der Waals surface area (Å²) in [7, 11) is 1.80. The van der Waals surface area contributed by atoms with Gasteiger partial charge in [-0.15, -0.1) is 0 Å². The van der Waals surface area contributed by atoms with Crippen LogP contribution in [0.3, 0.4) is 0 Å². The van der Waals surface area contributed by atoms with Gasteiger partial charge >= 0.3 is 0 Å². The molecule has 2 aromatic carbocycles. The summed E-state index contributed by atoms with van der Waals surface area (Å²) in [6.07, 6.45) is 0. The third-order valence-electron chi connectivity index (χ3n) is 3.52. The highest BCUT2D eigenvalue weighted by Gasteiger charge is 2.15. The number of carbonyl (C=O) groups is 2. The molecule has 26 heavy (non-hydrogen) atoms. The summed E-state index contributed by atoms with van der Waals surface area (Å²) >= 11 is 3.39. The molecule has 138 valence electrons. The van der Waals surface area contributed by atoms with Crippen LogP contribution < -0.4 is 20.3 Å². The molecule has 2 rings (SSSR count). The van der Waals surface area contributed by atoms with Crippen molar-refractivity contribution < 1.29 is 19.2 Å². The minimum absolute atomic E-state index is 0.150. The van der Waals surface area contributed by atoms with Gasteiger partial charge in [-0.05, 0) is 59.3 Å². The molecule has 3 N–H and O–H groups in total. The molecule has 1 unspecified atom stereocenters. The van der Waals surface area contributed by atoms with Gasteiger partial charge in [0.1, 0.15) is 5.75 Å². The Kier molecular flexibility index (Phi) is 7.62. The number of anilines is 2. The second-order valence-electron chi connectivity index (χ2n) is 5.84. The Labute approximate surface area is 161 Å². The number of quaternary nitrogens is 1. The van der Waals surface area contributed by atoms with E-state index in [1.807, 2.05) is 31.2 Å². The first kappa shape index (κ1) is 19.9. The number of nitrogens with one attached hydrogen (secondary N) is 3. The number of para-hydroxylation sites is 1. The van der Waals surface area contributed by atoms with Crippen molar-refractivity contribution in [3.05, 3.63) is 53.0 Å². The van der Waals surface area contributed by atoms with Gasteiger partial charge < -0.3 is 20.3 Å². The van der Waals surface area contributed by atoms with Crippen LogP contribution in [0.25, 0.3) is 0 Å². The number of carbonyl (C=O) groups excluding carboxylic acids is 2. The zero-order valence-corrected chi connectivity index (χ0v) is 16.4. The third kappa shape index (κ3) is 6.50. The van der Waals surface area contributed by atoms with E-state index in [2.05, 4.69) is 26.6 Å². The lowest BCUT2D eigenvalue weighted by Crippen LogP contribution is -3.11. The lowest BCUT2D eigenvalue weighted by Gasteiger charge is -2.14. The summed E-state index contributed by atoms with van der Waals surface area (Å²) < 4.78 is 6.19. The van der Waals surface area contributed by atoms with Gasteiger partial charge in [-0.2, -0.15) is 0 Å². The number of benzene rings is 2. The minimum atomic E-state index is -0.152. The van der Waals surface area contributed by atoms with Gasteiger partial charge in [0.05, 0.1) is 19.3 Å². The second-order valence-corrected chi connectivity index (χ2v) is 6.70. The quantitative estimate of drug-likeness (QED) is 0.610. The fraction of sp³-hybridized carbons (Fsp3) is 0.263. The first-order valence-electron chi connectivity index (χ1n) is 8.36. The van der Waals surface area contributed by atoms with Crippen LogP contribution in [0.2, 0.25) is 0 Å². The smallest absolute Gasteiger partial charge is 0.279 e. The van der Waals surface area contributed by atoms with E-state index in [1.165, 1.54) is 0 Å². The Balaban J connectivity index is 1.79. The summed E-state index contributed by atoms with van der Waals surface area (Å²) in [6.45, 7) is 2.90.